The lowest BCUT2D eigenvalue weighted by atomic mass is 9.96. The van der Waals surface area contributed by atoms with Crippen LogP contribution in [0.4, 0.5) is 5.82 Å². The highest BCUT2D eigenvalue weighted by molar-refractivity contribution is 5.79. The summed E-state index contributed by atoms with van der Waals surface area (Å²) in [6.07, 6.45) is 9.81. The van der Waals surface area contributed by atoms with E-state index in [1.165, 1.54) is 36.1 Å². The Hall–Kier alpha value is -2.31. The minimum atomic E-state index is -0.343. The van der Waals surface area contributed by atoms with Crippen LogP contribution in [0.3, 0.4) is 0 Å². The first-order valence-corrected chi connectivity index (χ1v) is 9.95. The van der Waals surface area contributed by atoms with Crippen LogP contribution in [-0.4, -0.2) is 34.7 Å². The monoisotopic (exact) mass is 374 g/mol. The Morgan fingerprint density at radius 1 is 1.19 bits per heavy atom. The van der Waals surface area contributed by atoms with Gasteiger partial charge >= 0.3 is 5.69 Å². The molecule has 1 atom stereocenters. The van der Waals surface area contributed by atoms with Gasteiger partial charge in [-0.1, -0.05) is 11.6 Å². The fourth-order valence-electron chi connectivity index (χ4n) is 4.05. The molecule has 1 aliphatic heterocycles. The van der Waals surface area contributed by atoms with E-state index < -0.39 is 0 Å². The summed E-state index contributed by atoms with van der Waals surface area (Å²) in [6.45, 7) is 1.97. The number of hydrogen-bond donors (Lipinski definition) is 1. The molecule has 0 saturated carbocycles. The zero-order valence-electron chi connectivity index (χ0n) is 16.4. The molecule has 0 unspecified atom stereocenters. The lowest BCUT2D eigenvalue weighted by Gasteiger charge is -2.34. The Bertz CT molecular complexity index is 837. The number of nitrogens with one attached hydrogen (secondary N) is 1. The minimum absolute atomic E-state index is 0.0740. The van der Waals surface area contributed by atoms with Crippen molar-refractivity contribution in [3.8, 4) is 0 Å². The Kier molecular flexibility index (Phi) is 6.19. The van der Waals surface area contributed by atoms with E-state index in [4.69, 9.17) is 0 Å². The third-order valence-corrected chi connectivity index (χ3v) is 5.75. The van der Waals surface area contributed by atoms with Gasteiger partial charge < -0.3 is 10.2 Å². The van der Waals surface area contributed by atoms with E-state index in [1.54, 1.807) is 7.05 Å². The van der Waals surface area contributed by atoms with Crippen LogP contribution < -0.4 is 21.5 Å². The first kappa shape index (κ1) is 19.5. The summed E-state index contributed by atoms with van der Waals surface area (Å²) >= 11 is 0. The fourth-order valence-corrected chi connectivity index (χ4v) is 4.05. The highest BCUT2D eigenvalue weighted by atomic mass is 16.2. The molecule has 1 fully saturated rings. The summed E-state index contributed by atoms with van der Waals surface area (Å²) in [4.78, 5) is 38.8. The molecule has 7 heteroatoms. The van der Waals surface area contributed by atoms with Gasteiger partial charge in [0.25, 0.3) is 5.56 Å². The van der Waals surface area contributed by atoms with Crippen LogP contribution in [0.5, 0.6) is 0 Å². The molecule has 7 nitrogen and oxygen atoms in total. The number of aromatic nitrogens is 2. The van der Waals surface area contributed by atoms with Crippen LogP contribution in [-0.2, 0) is 18.9 Å². The maximum Gasteiger partial charge on any atom is 0.332 e. The van der Waals surface area contributed by atoms with Crippen molar-refractivity contribution in [3.05, 3.63) is 38.6 Å². The summed E-state index contributed by atoms with van der Waals surface area (Å²) in [5.41, 5.74) is 0.798. The van der Waals surface area contributed by atoms with Crippen LogP contribution in [0.2, 0.25) is 0 Å². The van der Waals surface area contributed by atoms with E-state index in [-0.39, 0.29) is 23.1 Å². The minimum Gasteiger partial charge on any atom is -0.357 e. The average Bonchev–Trinajstić information content (AvgIpc) is 2.70. The van der Waals surface area contributed by atoms with Crippen LogP contribution in [0.25, 0.3) is 0 Å². The van der Waals surface area contributed by atoms with E-state index in [9.17, 15) is 14.4 Å². The van der Waals surface area contributed by atoms with Gasteiger partial charge in [0, 0.05) is 39.8 Å². The van der Waals surface area contributed by atoms with E-state index in [0.29, 0.717) is 18.9 Å². The first-order chi connectivity index (χ1) is 13.0. The first-order valence-electron chi connectivity index (χ1n) is 9.95. The molecule has 0 spiro atoms. The second kappa shape index (κ2) is 8.59. The molecule has 1 aromatic heterocycles. The number of allylic oxidation sites excluding steroid dienone is 1. The number of nitrogens with zero attached hydrogens (tertiary/aromatic N) is 3. The molecule has 3 rings (SSSR count). The number of carbonyl (C=O) groups excluding carboxylic acids is 1. The van der Waals surface area contributed by atoms with E-state index in [2.05, 4.69) is 11.4 Å². The molecular weight excluding hydrogens is 344 g/mol. The molecule has 1 N–H and O–H groups in total. The summed E-state index contributed by atoms with van der Waals surface area (Å²) in [6, 6.07) is 1.48. The molecule has 148 valence electrons. The van der Waals surface area contributed by atoms with Gasteiger partial charge in [-0.2, -0.15) is 0 Å². The topological polar surface area (TPSA) is 76.3 Å². The van der Waals surface area contributed by atoms with Crippen molar-refractivity contribution in [2.45, 2.75) is 44.9 Å². The van der Waals surface area contributed by atoms with Gasteiger partial charge in [0.2, 0.25) is 5.91 Å². The normalized spacial score (nSPS) is 20.3. The van der Waals surface area contributed by atoms with E-state index in [1.807, 2.05) is 4.90 Å². The van der Waals surface area contributed by atoms with Crippen LogP contribution in [0.15, 0.2) is 27.3 Å². The summed E-state index contributed by atoms with van der Waals surface area (Å²) < 4.78 is 2.58. The number of carbonyl (C=O) groups is 1. The Morgan fingerprint density at radius 2 is 2.00 bits per heavy atom. The molecule has 0 aromatic carbocycles. The number of anilines is 1. The SMILES string of the molecule is Cn1c(N2CCC[C@H](C(=O)NCCC3=CCCCC3)C2)cc(=O)n(C)c1=O. The summed E-state index contributed by atoms with van der Waals surface area (Å²) in [7, 11) is 3.14. The van der Waals surface area contributed by atoms with Crippen LogP contribution in [0.1, 0.15) is 44.9 Å². The van der Waals surface area contributed by atoms with Crippen molar-refractivity contribution in [2.75, 3.05) is 24.5 Å². The van der Waals surface area contributed by atoms with Crippen molar-refractivity contribution < 1.29 is 4.79 Å². The molecule has 0 radical (unpaired) electrons. The number of piperidine rings is 1. The molecular formula is C20H30N4O3. The Labute approximate surface area is 159 Å². The highest BCUT2D eigenvalue weighted by Crippen LogP contribution is 2.22. The molecule has 1 saturated heterocycles. The van der Waals surface area contributed by atoms with E-state index >= 15 is 0 Å². The highest BCUT2D eigenvalue weighted by Gasteiger charge is 2.27. The van der Waals surface area contributed by atoms with Gasteiger partial charge in [0.15, 0.2) is 0 Å². The van der Waals surface area contributed by atoms with Crippen molar-refractivity contribution in [1.82, 2.24) is 14.5 Å². The third-order valence-electron chi connectivity index (χ3n) is 5.75. The van der Waals surface area contributed by atoms with Crippen molar-refractivity contribution in [2.24, 2.45) is 20.0 Å². The van der Waals surface area contributed by atoms with Crippen molar-refractivity contribution in [1.29, 1.82) is 0 Å². The molecule has 27 heavy (non-hydrogen) atoms. The molecule has 2 aliphatic rings. The molecule has 1 aromatic rings. The second-order valence-electron chi connectivity index (χ2n) is 7.68. The second-order valence-corrected chi connectivity index (χ2v) is 7.68. The standard InChI is InChI=1S/C20H30N4O3/c1-22-17(13-18(25)23(2)20(22)27)24-12-6-9-16(14-24)19(26)21-11-10-15-7-4-3-5-8-15/h7,13,16H,3-6,8-12,14H2,1-2H3,(H,21,26)/t16-/m0/s1. The van der Waals surface area contributed by atoms with Gasteiger partial charge in [-0.25, -0.2) is 4.79 Å². The smallest absolute Gasteiger partial charge is 0.332 e. The molecule has 1 aliphatic carbocycles. The van der Waals surface area contributed by atoms with Gasteiger partial charge in [-0.15, -0.1) is 0 Å². The van der Waals surface area contributed by atoms with Crippen molar-refractivity contribution in [3.63, 3.8) is 0 Å². The maximum atomic E-state index is 12.6. The third kappa shape index (κ3) is 4.51. The Morgan fingerprint density at radius 3 is 2.74 bits per heavy atom. The average molecular weight is 374 g/mol. The largest absolute Gasteiger partial charge is 0.357 e. The molecule has 2 heterocycles. The number of amides is 1. The van der Waals surface area contributed by atoms with Gasteiger partial charge in [0.1, 0.15) is 5.82 Å². The maximum absolute atomic E-state index is 12.6. The quantitative estimate of drug-likeness (QED) is 0.789. The zero-order valence-corrected chi connectivity index (χ0v) is 16.4. The predicted molar refractivity (Wildman–Crippen MR) is 106 cm³/mol. The number of hydrogen-bond acceptors (Lipinski definition) is 4. The fraction of sp³-hybridized carbons (Fsp3) is 0.650. The van der Waals surface area contributed by atoms with E-state index in [0.717, 1.165) is 43.2 Å². The van der Waals surface area contributed by atoms with Gasteiger partial charge in [-0.05, 0) is 44.9 Å². The molecule has 0 bridgehead atoms. The lowest BCUT2D eigenvalue weighted by Crippen LogP contribution is -2.46. The Balaban J connectivity index is 1.60. The van der Waals surface area contributed by atoms with Crippen LogP contribution >= 0.6 is 0 Å². The summed E-state index contributed by atoms with van der Waals surface area (Å²) in [5.74, 6) is 0.552. The van der Waals surface area contributed by atoms with Crippen molar-refractivity contribution >= 4 is 11.7 Å². The summed E-state index contributed by atoms with van der Waals surface area (Å²) in [5, 5.41) is 3.08. The predicted octanol–water partition coefficient (Wildman–Crippen LogP) is 1.31. The lowest BCUT2D eigenvalue weighted by molar-refractivity contribution is -0.125. The number of rotatable bonds is 5. The van der Waals surface area contributed by atoms with Crippen LogP contribution in [0, 0.1) is 5.92 Å². The van der Waals surface area contributed by atoms with Gasteiger partial charge in [-0.3, -0.25) is 18.7 Å². The molecule has 1 amide bonds. The van der Waals surface area contributed by atoms with Gasteiger partial charge in [0.05, 0.1) is 5.92 Å². The zero-order chi connectivity index (χ0) is 19.4.